The number of benzene rings is 2. The molecule has 0 bridgehead atoms. The van der Waals surface area contributed by atoms with E-state index in [9.17, 15) is 4.79 Å². The minimum atomic E-state index is -0.0980. The number of halogens is 1. The van der Waals surface area contributed by atoms with Crippen molar-refractivity contribution in [2.75, 3.05) is 5.32 Å². The highest BCUT2D eigenvalue weighted by Crippen LogP contribution is 2.30. The summed E-state index contributed by atoms with van der Waals surface area (Å²) in [5.41, 5.74) is 3.53. The molecule has 5 nitrogen and oxygen atoms in total. The molecule has 2 aromatic carbocycles. The Morgan fingerprint density at radius 1 is 1.17 bits per heavy atom. The lowest BCUT2D eigenvalue weighted by Crippen LogP contribution is -2.14. The van der Waals surface area contributed by atoms with Gasteiger partial charge in [-0.3, -0.25) is 4.79 Å². The minimum absolute atomic E-state index is 0.0980. The maximum absolute atomic E-state index is 12.4. The van der Waals surface area contributed by atoms with Gasteiger partial charge >= 0.3 is 0 Å². The fourth-order valence-electron chi connectivity index (χ4n) is 2.98. The van der Waals surface area contributed by atoms with Gasteiger partial charge in [0.25, 0.3) is 0 Å². The summed E-state index contributed by atoms with van der Waals surface area (Å²) in [6.07, 6.45) is 3.96. The number of aryl methyl sites for hydroxylation is 1. The van der Waals surface area contributed by atoms with Gasteiger partial charge in [0.2, 0.25) is 5.91 Å². The Kier molecular flexibility index (Phi) is 5.74. The number of nitrogens with zero attached hydrogens (tertiary/aromatic N) is 3. The van der Waals surface area contributed by atoms with Crippen molar-refractivity contribution in [2.45, 2.75) is 19.9 Å². The number of aromatic nitrogens is 3. The lowest BCUT2D eigenvalue weighted by Gasteiger charge is -2.08. The van der Waals surface area contributed by atoms with E-state index in [1.807, 2.05) is 67.0 Å². The van der Waals surface area contributed by atoms with Crippen LogP contribution in [0.3, 0.4) is 0 Å². The highest BCUT2D eigenvalue weighted by molar-refractivity contribution is 7.13. The molecule has 0 saturated heterocycles. The first-order valence-corrected chi connectivity index (χ1v) is 10.4. The van der Waals surface area contributed by atoms with E-state index in [1.165, 1.54) is 11.3 Å². The van der Waals surface area contributed by atoms with E-state index in [4.69, 9.17) is 11.6 Å². The van der Waals surface area contributed by atoms with Crippen molar-refractivity contribution in [1.29, 1.82) is 0 Å². The van der Waals surface area contributed by atoms with E-state index < -0.39 is 0 Å². The molecule has 0 aliphatic heterocycles. The molecular formula is C22H19ClN4OS. The largest absolute Gasteiger partial charge is 0.331 e. The van der Waals surface area contributed by atoms with Gasteiger partial charge in [-0.25, -0.2) is 9.97 Å². The van der Waals surface area contributed by atoms with Crippen LogP contribution in [0.4, 0.5) is 5.69 Å². The van der Waals surface area contributed by atoms with Gasteiger partial charge in [0, 0.05) is 35.6 Å². The van der Waals surface area contributed by atoms with Gasteiger partial charge in [-0.15, -0.1) is 11.3 Å². The summed E-state index contributed by atoms with van der Waals surface area (Å²) in [4.78, 5) is 21.2. The summed E-state index contributed by atoms with van der Waals surface area (Å²) in [6, 6.07) is 15.4. The molecule has 0 aliphatic carbocycles. The minimum Gasteiger partial charge on any atom is -0.331 e. The van der Waals surface area contributed by atoms with E-state index in [0.29, 0.717) is 5.02 Å². The van der Waals surface area contributed by atoms with Crippen molar-refractivity contribution in [2.24, 2.45) is 0 Å². The fourth-order valence-corrected chi connectivity index (χ4v) is 4.12. The van der Waals surface area contributed by atoms with Gasteiger partial charge < -0.3 is 9.88 Å². The van der Waals surface area contributed by atoms with Crippen LogP contribution in [0.15, 0.2) is 66.3 Å². The van der Waals surface area contributed by atoms with Gasteiger partial charge in [0.1, 0.15) is 10.8 Å². The Hall–Kier alpha value is -2.96. The summed E-state index contributed by atoms with van der Waals surface area (Å²) in [5.74, 6) is 0.876. The SMILES string of the molecule is Cc1nccn1Cc1ccc(NC(=O)Cc2csc(-c3ccccc3Cl)n2)cc1. The van der Waals surface area contributed by atoms with Crippen LogP contribution >= 0.6 is 22.9 Å². The molecule has 1 N–H and O–H groups in total. The second-order valence-corrected chi connectivity index (χ2v) is 7.91. The summed E-state index contributed by atoms with van der Waals surface area (Å²) in [5, 5.41) is 6.30. The third-order valence-electron chi connectivity index (χ3n) is 4.51. The van der Waals surface area contributed by atoms with Crippen LogP contribution in [0.2, 0.25) is 5.02 Å². The first-order valence-electron chi connectivity index (χ1n) is 9.14. The van der Waals surface area contributed by atoms with E-state index in [1.54, 1.807) is 6.20 Å². The molecule has 2 heterocycles. The molecule has 7 heteroatoms. The predicted octanol–water partition coefficient (Wildman–Crippen LogP) is 5.20. The molecule has 4 aromatic rings. The lowest BCUT2D eigenvalue weighted by atomic mass is 10.2. The van der Waals surface area contributed by atoms with Crippen molar-refractivity contribution in [1.82, 2.24) is 14.5 Å². The Bertz CT molecular complexity index is 1130. The number of nitrogens with one attached hydrogen (secondary N) is 1. The van der Waals surface area contributed by atoms with Crippen LogP contribution in [-0.4, -0.2) is 20.4 Å². The molecule has 0 spiro atoms. The van der Waals surface area contributed by atoms with E-state index in [0.717, 1.165) is 39.9 Å². The Balaban J connectivity index is 1.36. The molecular weight excluding hydrogens is 404 g/mol. The van der Waals surface area contributed by atoms with E-state index in [-0.39, 0.29) is 12.3 Å². The van der Waals surface area contributed by atoms with Crippen LogP contribution < -0.4 is 5.32 Å². The molecule has 0 fully saturated rings. The van der Waals surface area contributed by atoms with Crippen molar-refractivity contribution < 1.29 is 4.79 Å². The van der Waals surface area contributed by atoms with Crippen molar-refractivity contribution in [3.8, 4) is 10.6 Å². The zero-order valence-electron chi connectivity index (χ0n) is 15.8. The van der Waals surface area contributed by atoms with Gasteiger partial charge in [0.05, 0.1) is 17.1 Å². The summed E-state index contributed by atoms with van der Waals surface area (Å²) < 4.78 is 2.08. The van der Waals surface area contributed by atoms with Crippen LogP contribution in [0.5, 0.6) is 0 Å². The van der Waals surface area contributed by atoms with Crippen LogP contribution in [0.25, 0.3) is 10.6 Å². The average molecular weight is 423 g/mol. The number of carbonyl (C=O) groups is 1. The quantitative estimate of drug-likeness (QED) is 0.464. The van der Waals surface area contributed by atoms with Crippen molar-refractivity contribution in [3.63, 3.8) is 0 Å². The topological polar surface area (TPSA) is 59.8 Å². The second kappa shape index (κ2) is 8.59. The maximum Gasteiger partial charge on any atom is 0.230 e. The van der Waals surface area contributed by atoms with Gasteiger partial charge in [-0.05, 0) is 30.7 Å². The Morgan fingerprint density at radius 3 is 2.69 bits per heavy atom. The molecule has 0 unspecified atom stereocenters. The zero-order valence-corrected chi connectivity index (χ0v) is 17.4. The monoisotopic (exact) mass is 422 g/mol. The van der Waals surface area contributed by atoms with Gasteiger partial charge in [-0.2, -0.15) is 0 Å². The molecule has 0 aliphatic rings. The van der Waals surface area contributed by atoms with Crippen LogP contribution in [0.1, 0.15) is 17.1 Å². The molecule has 29 heavy (non-hydrogen) atoms. The summed E-state index contributed by atoms with van der Waals surface area (Å²) in [6.45, 7) is 2.73. The van der Waals surface area contributed by atoms with E-state index >= 15 is 0 Å². The van der Waals surface area contributed by atoms with Crippen LogP contribution in [-0.2, 0) is 17.8 Å². The first-order chi connectivity index (χ1) is 14.1. The number of hydrogen-bond donors (Lipinski definition) is 1. The number of hydrogen-bond acceptors (Lipinski definition) is 4. The molecule has 0 saturated carbocycles. The summed E-state index contributed by atoms with van der Waals surface area (Å²) in [7, 11) is 0. The normalized spacial score (nSPS) is 10.8. The van der Waals surface area contributed by atoms with Crippen LogP contribution in [0, 0.1) is 6.92 Å². The number of anilines is 1. The van der Waals surface area contributed by atoms with Crippen molar-refractivity contribution >= 4 is 34.5 Å². The maximum atomic E-state index is 12.4. The first kappa shape index (κ1) is 19.4. The molecule has 1 amide bonds. The Labute approximate surface area is 178 Å². The fraction of sp³-hybridized carbons (Fsp3) is 0.136. The smallest absolute Gasteiger partial charge is 0.230 e. The molecule has 0 radical (unpaired) electrons. The predicted molar refractivity (Wildman–Crippen MR) is 117 cm³/mol. The lowest BCUT2D eigenvalue weighted by molar-refractivity contribution is -0.115. The number of carbonyl (C=O) groups excluding carboxylic acids is 1. The number of thiazole rings is 1. The van der Waals surface area contributed by atoms with Gasteiger partial charge in [0.15, 0.2) is 0 Å². The third-order valence-corrected chi connectivity index (χ3v) is 5.77. The molecule has 2 aromatic heterocycles. The molecule has 146 valence electrons. The standard InChI is InChI=1S/C22H19ClN4OS/c1-15-24-10-11-27(15)13-16-6-8-17(9-7-16)25-21(28)12-18-14-29-22(26-18)19-4-2-3-5-20(19)23/h2-11,14H,12-13H2,1H3,(H,25,28). The number of imidazole rings is 1. The summed E-state index contributed by atoms with van der Waals surface area (Å²) >= 11 is 7.72. The van der Waals surface area contributed by atoms with Gasteiger partial charge in [-0.1, -0.05) is 41.9 Å². The third kappa shape index (κ3) is 4.72. The molecule has 0 atom stereocenters. The zero-order chi connectivity index (χ0) is 20.2. The highest BCUT2D eigenvalue weighted by atomic mass is 35.5. The average Bonchev–Trinajstić information content (AvgIpc) is 3.33. The van der Waals surface area contributed by atoms with Crippen molar-refractivity contribution in [3.05, 3.63) is 88.4 Å². The van der Waals surface area contributed by atoms with E-state index in [2.05, 4.69) is 19.9 Å². The Morgan fingerprint density at radius 2 is 1.97 bits per heavy atom. The second-order valence-electron chi connectivity index (χ2n) is 6.65. The number of amides is 1. The molecule has 4 rings (SSSR count). The number of rotatable bonds is 6. The highest BCUT2D eigenvalue weighted by Gasteiger charge is 2.11.